The van der Waals surface area contributed by atoms with Crippen LogP contribution in [0.5, 0.6) is 0 Å². The van der Waals surface area contributed by atoms with Crippen LogP contribution in [0.15, 0.2) is 30.3 Å². The molecule has 0 radical (unpaired) electrons. The van der Waals surface area contributed by atoms with Gasteiger partial charge in [-0.05, 0) is 24.9 Å². The molecule has 1 aromatic carbocycles. The van der Waals surface area contributed by atoms with E-state index in [-0.39, 0.29) is 6.04 Å². The van der Waals surface area contributed by atoms with Gasteiger partial charge in [0.2, 0.25) is 0 Å². The summed E-state index contributed by atoms with van der Waals surface area (Å²) in [6.45, 7) is 3.93. The molecule has 0 aliphatic rings. The van der Waals surface area contributed by atoms with Gasteiger partial charge in [0.1, 0.15) is 0 Å². The lowest BCUT2D eigenvalue weighted by Crippen LogP contribution is -2.27. The highest BCUT2D eigenvalue weighted by Crippen LogP contribution is 2.24. The lowest BCUT2D eigenvalue weighted by Gasteiger charge is -2.19. The van der Waals surface area contributed by atoms with Gasteiger partial charge in [-0.3, -0.25) is 0 Å². The van der Waals surface area contributed by atoms with E-state index in [4.69, 9.17) is 0 Å². The van der Waals surface area contributed by atoms with Crippen molar-refractivity contribution in [3.63, 3.8) is 0 Å². The molecule has 0 saturated heterocycles. The summed E-state index contributed by atoms with van der Waals surface area (Å²) < 4.78 is 36.4. The first-order chi connectivity index (χ1) is 7.88. The highest BCUT2D eigenvalue weighted by Gasteiger charge is 2.29. The van der Waals surface area contributed by atoms with Gasteiger partial charge in [0.15, 0.2) is 0 Å². The van der Waals surface area contributed by atoms with E-state index in [0.717, 1.165) is 5.56 Å². The Balaban J connectivity index is 2.36. The molecule has 1 nitrogen and oxygen atoms in total. The fourth-order valence-corrected chi connectivity index (χ4v) is 1.70. The van der Waals surface area contributed by atoms with E-state index in [1.54, 1.807) is 6.92 Å². The highest BCUT2D eigenvalue weighted by molar-refractivity contribution is 5.17. The first-order valence-corrected chi connectivity index (χ1v) is 5.73. The summed E-state index contributed by atoms with van der Waals surface area (Å²) in [6, 6.07) is 9.77. The molecule has 4 heteroatoms. The molecule has 1 N–H and O–H groups in total. The van der Waals surface area contributed by atoms with Crippen LogP contribution in [0.3, 0.4) is 0 Å². The van der Waals surface area contributed by atoms with Crippen LogP contribution in [0.2, 0.25) is 0 Å². The second-order valence-corrected chi connectivity index (χ2v) is 4.47. The number of alkyl halides is 3. The lowest BCUT2D eigenvalue weighted by atomic mass is 10.1. The number of hydrogen-bond acceptors (Lipinski definition) is 1. The van der Waals surface area contributed by atoms with Crippen LogP contribution in [-0.4, -0.2) is 12.7 Å². The number of benzene rings is 1. The van der Waals surface area contributed by atoms with Crippen LogP contribution in [0, 0.1) is 5.92 Å². The molecule has 0 spiro atoms. The molecule has 1 aromatic rings. The summed E-state index contributed by atoms with van der Waals surface area (Å²) in [5.74, 6) is -0.402. The number of halogens is 3. The number of hydrogen-bond donors (Lipinski definition) is 1. The Kier molecular flexibility index (Phi) is 5.00. The van der Waals surface area contributed by atoms with E-state index >= 15 is 0 Å². The van der Waals surface area contributed by atoms with E-state index in [1.165, 1.54) is 0 Å². The Morgan fingerprint density at radius 3 is 2.24 bits per heavy atom. The van der Waals surface area contributed by atoms with Crippen molar-refractivity contribution >= 4 is 0 Å². The zero-order valence-electron chi connectivity index (χ0n) is 10.1. The van der Waals surface area contributed by atoms with Crippen molar-refractivity contribution in [1.82, 2.24) is 5.32 Å². The molecular formula is C13H18F3N. The van der Waals surface area contributed by atoms with E-state index in [1.807, 2.05) is 37.3 Å². The summed E-state index contributed by atoms with van der Waals surface area (Å²) in [4.78, 5) is 0. The molecule has 1 rings (SSSR count). The summed E-state index contributed by atoms with van der Waals surface area (Å²) in [5, 5.41) is 3.12. The highest BCUT2D eigenvalue weighted by atomic mass is 19.4. The van der Waals surface area contributed by atoms with Crippen molar-refractivity contribution in [3.8, 4) is 0 Å². The second-order valence-electron chi connectivity index (χ2n) is 4.47. The van der Waals surface area contributed by atoms with Crippen LogP contribution in [0.25, 0.3) is 0 Å². The van der Waals surface area contributed by atoms with Gasteiger partial charge >= 0.3 is 6.18 Å². The van der Waals surface area contributed by atoms with Gasteiger partial charge in [-0.25, -0.2) is 0 Å². The van der Waals surface area contributed by atoms with Crippen molar-refractivity contribution in [1.29, 1.82) is 0 Å². The fourth-order valence-electron chi connectivity index (χ4n) is 1.70. The molecule has 0 bridgehead atoms. The van der Waals surface area contributed by atoms with Gasteiger partial charge < -0.3 is 5.32 Å². The summed E-state index contributed by atoms with van der Waals surface area (Å²) in [5.41, 5.74) is 1.09. The third-order valence-electron chi connectivity index (χ3n) is 2.65. The van der Waals surface area contributed by atoms with E-state index < -0.39 is 18.5 Å². The fraction of sp³-hybridized carbons (Fsp3) is 0.538. The van der Waals surface area contributed by atoms with Crippen LogP contribution in [-0.2, 0) is 0 Å². The maximum absolute atomic E-state index is 12.1. The molecule has 0 aromatic heterocycles. The van der Waals surface area contributed by atoms with Crippen LogP contribution in [0.4, 0.5) is 13.2 Å². The SMILES string of the molecule is CC(CN[C@@H](C)c1ccccc1)CC(F)(F)F. The standard InChI is InChI=1S/C13H18F3N/c1-10(8-13(14,15)16)9-17-11(2)12-6-4-3-5-7-12/h3-7,10-11,17H,8-9H2,1-2H3/t10?,11-/m0/s1. The number of nitrogens with one attached hydrogen (secondary N) is 1. The molecule has 0 amide bonds. The Labute approximate surface area is 100 Å². The molecule has 2 atom stereocenters. The van der Waals surface area contributed by atoms with Crippen molar-refractivity contribution in [3.05, 3.63) is 35.9 Å². The van der Waals surface area contributed by atoms with Crippen molar-refractivity contribution in [2.45, 2.75) is 32.5 Å². The third kappa shape index (κ3) is 5.73. The Bertz CT molecular complexity index is 321. The molecule has 1 unspecified atom stereocenters. The maximum Gasteiger partial charge on any atom is 0.389 e. The van der Waals surface area contributed by atoms with Gasteiger partial charge in [0, 0.05) is 12.5 Å². The van der Waals surface area contributed by atoms with Crippen LogP contribution < -0.4 is 5.32 Å². The van der Waals surface area contributed by atoms with Crippen molar-refractivity contribution in [2.75, 3.05) is 6.54 Å². The Morgan fingerprint density at radius 2 is 1.71 bits per heavy atom. The van der Waals surface area contributed by atoms with Gasteiger partial charge in [-0.1, -0.05) is 37.3 Å². The molecule has 0 aliphatic carbocycles. The van der Waals surface area contributed by atoms with E-state index in [9.17, 15) is 13.2 Å². The Morgan fingerprint density at radius 1 is 1.12 bits per heavy atom. The first kappa shape index (κ1) is 14.0. The van der Waals surface area contributed by atoms with Crippen molar-refractivity contribution in [2.24, 2.45) is 5.92 Å². The smallest absolute Gasteiger partial charge is 0.310 e. The van der Waals surface area contributed by atoms with Gasteiger partial charge in [0.25, 0.3) is 0 Å². The monoisotopic (exact) mass is 245 g/mol. The first-order valence-electron chi connectivity index (χ1n) is 5.73. The minimum absolute atomic E-state index is 0.0758. The largest absolute Gasteiger partial charge is 0.389 e. The topological polar surface area (TPSA) is 12.0 Å². The lowest BCUT2D eigenvalue weighted by molar-refractivity contribution is -0.143. The number of rotatable bonds is 5. The molecule has 0 heterocycles. The summed E-state index contributed by atoms with van der Waals surface area (Å²) in [6.07, 6.45) is -4.81. The third-order valence-corrected chi connectivity index (χ3v) is 2.65. The molecule has 0 aliphatic heterocycles. The molecule has 0 saturated carbocycles. The average Bonchev–Trinajstić information content (AvgIpc) is 2.25. The second kappa shape index (κ2) is 6.05. The molecular weight excluding hydrogens is 227 g/mol. The normalized spacial score (nSPS) is 15.6. The van der Waals surface area contributed by atoms with Gasteiger partial charge in [-0.2, -0.15) is 13.2 Å². The zero-order valence-corrected chi connectivity index (χ0v) is 10.1. The van der Waals surface area contributed by atoms with E-state index in [0.29, 0.717) is 6.54 Å². The van der Waals surface area contributed by atoms with Gasteiger partial charge in [0.05, 0.1) is 0 Å². The predicted octanol–water partition coefficient (Wildman–Crippen LogP) is 3.93. The minimum atomic E-state index is -4.07. The summed E-state index contributed by atoms with van der Waals surface area (Å²) >= 11 is 0. The predicted molar refractivity (Wildman–Crippen MR) is 62.7 cm³/mol. The molecule has 17 heavy (non-hydrogen) atoms. The average molecular weight is 245 g/mol. The maximum atomic E-state index is 12.1. The van der Waals surface area contributed by atoms with E-state index in [2.05, 4.69) is 5.32 Å². The van der Waals surface area contributed by atoms with Crippen molar-refractivity contribution < 1.29 is 13.2 Å². The molecule has 0 fully saturated rings. The summed E-state index contributed by atoms with van der Waals surface area (Å²) in [7, 11) is 0. The quantitative estimate of drug-likeness (QED) is 0.828. The Hall–Kier alpha value is -1.03. The molecule has 96 valence electrons. The zero-order chi connectivity index (χ0) is 12.9. The van der Waals surface area contributed by atoms with Gasteiger partial charge in [-0.15, -0.1) is 0 Å². The van der Waals surface area contributed by atoms with Crippen LogP contribution in [0.1, 0.15) is 31.9 Å². The minimum Gasteiger partial charge on any atom is -0.310 e. The van der Waals surface area contributed by atoms with Crippen LogP contribution >= 0.6 is 0 Å².